The third kappa shape index (κ3) is 4.41. The van der Waals surface area contributed by atoms with Gasteiger partial charge in [-0.25, -0.2) is 4.79 Å². The van der Waals surface area contributed by atoms with Crippen molar-refractivity contribution in [3.8, 4) is 0 Å². The molecule has 1 rings (SSSR count). The summed E-state index contributed by atoms with van der Waals surface area (Å²) >= 11 is 0. The van der Waals surface area contributed by atoms with Gasteiger partial charge in [-0.1, -0.05) is 38.7 Å². The van der Waals surface area contributed by atoms with Gasteiger partial charge < -0.3 is 10.2 Å². The molecule has 0 spiro atoms. The molecule has 0 saturated heterocycles. The molecule has 0 radical (unpaired) electrons. The third-order valence-corrected chi connectivity index (χ3v) is 3.78. The molecule has 1 aliphatic rings. The molecule has 0 bridgehead atoms. The Bertz CT molecular complexity index is 278. The number of urea groups is 1. The van der Waals surface area contributed by atoms with Crippen molar-refractivity contribution < 1.29 is 4.79 Å². The summed E-state index contributed by atoms with van der Waals surface area (Å²) in [6.45, 7) is 6.30. The molecule has 0 atom stereocenters. The number of rotatable bonds is 3. The highest BCUT2D eigenvalue weighted by Gasteiger charge is 2.21. The summed E-state index contributed by atoms with van der Waals surface area (Å²) in [6, 6.07) is 0.452. The van der Waals surface area contributed by atoms with E-state index in [2.05, 4.69) is 19.2 Å². The first-order chi connectivity index (χ1) is 8.02. The number of amides is 2. The topological polar surface area (TPSA) is 32.3 Å². The van der Waals surface area contributed by atoms with E-state index in [9.17, 15) is 4.79 Å². The second kappa shape index (κ2) is 6.67. The van der Waals surface area contributed by atoms with Crippen LogP contribution in [-0.4, -0.2) is 24.0 Å². The summed E-state index contributed by atoms with van der Waals surface area (Å²) in [5.41, 5.74) is 1.20. The lowest BCUT2D eigenvalue weighted by molar-refractivity contribution is 0.177. The van der Waals surface area contributed by atoms with Crippen LogP contribution in [0, 0.1) is 5.92 Å². The average Bonchev–Trinajstić information content (AvgIpc) is 2.35. The van der Waals surface area contributed by atoms with Crippen LogP contribution in [0.1, 0.15) is 52.9 Å². The first kappa shape index (κ1) is 14.1. The van der Waals surface area contributed by atoms with Gasteiger partial charge in [0.15, 0.2) is 0 Å². The van der Waals surface area contributed by atoms with Gasteiger partial charge >= 0.3 is 6.03 Å². The number of carbonyl (C=O) groups is 1. The van der Waals surface area contributed by atoms with Crippen LogP contribution in [0.4, 0.5) is 4.79 Å². The molecule has 1 N–H and O–H groups in total. The number of nitrogens with one attached hydrogen (secondary N) is 1. The third-order valence-electron chi connectivity index (χ3n) is 3.78. The molecule has 17 heavy (non-hydrogen) atoms. The molecule has 2 amide bonds. The summed E-state index contributed by atoms with van der Waals surface area (Å²) in [6.07, 6.45) is 7.96. The standard InChI is InChI=1S/C14H26N2O/c1-11(2)12(3)10-15-14(17)16(4)13-8-6-5-7-9-13/h10-11,13H,5-9H2,1-4H3,(H,15,17)/b12-10+. The number of allylic oxidation sites excluding steroid dienone is 1. The molecule has 3 heteroatoms. The Balaban J connectivity index is 2.43. The van der Waals surface area contributed by atoms with E-state index in [-0.39, 0.29) is 6.03 Å². The molecule has 0 aromatic rings. The minimum atomic E-state index is 0.0249. The Morgan fingerprint density at radius 3 is 2.41 bits per heavy atom. The highest BCUT2D eigenvalue weighted by atomic mass is 16.2. The molecule has 1 saturated carbocycles. The van der Waals surface area contributed by atoms with E-state index in [1.54, 1.807) is 0 Å². The van der Waals surface area contributed by atoms with E-state index in [1.165, 1.54) is 24.8 Å². The summed E-state index contributed by atoms with van der Waals surface area (Å²) in [4.78, 5) is 13.8. The zero-order valence-electron chi connectivity index (χ0n) is 11.6. The molecule has 1 aliphatic carbocycles. The summed E-state index contributed by atoms with van der Waals surface area (Å²) in [7, 11) is 1.91. The van der Waals surface area contributed by atoms with Crippen LogP contribution >= 0.6 is 0 Å². The van der Waals surface area contributed by atoms with Crippen molar-refractivity contribution in [2.24, 2.45) is 5.92 Å². The fourth-order valence-electron chi connectivity index (χ4n) is 2.08. The largest absolute Gasteiger partial charge is 0.325 e. The van der Waals surface area contributed by atoms with Gasteiger partial charge in [0, 0.05) is 19.3 Å². The van der Waals surface area contributed by atoms with E-state index < -0.39 is 0 Å². The molecule has 0 aliphatic heterocycles. The minimum absolute atomic E-state index is 0.0249. The molecule has 0 aromatic heterocycles. The summed E-state index contributed by atoms with van der Waals surface area (Å²) < 4.78 is 0. The second-order valence-corrected chi connectivity index (χ2v) is 5.40. The van der Waals surface area contributed by atoms with Crippen molar-refractivity contribution in [1.82, 2.24) is 10.2 Å². The van der Waals surface area contributed by atoms with Gasteiger partial charge in [0.25, 0.3) is 0 Å². The maximum atomic E-state index is 11.9. The molecule has 0 aromatic carbocycles. The zero-order chi connectivity index (χ0) is 12.8. The highest BCUT2D eigenvalue weighted by Crippen LogP contribution is 2.21. The van der Waals surface area contributed by atoms with E-state index >= 15 is 0 Å². The molecule has 98 valence electrons. The van der Waals surface area contributed by atoms with Crippen LogP contribution in [0.5, 0.6) is 0 Å². The Morgan fingerprint density at radius 1 is 1.29 bits per heavy atom. The molecule has 0 heterocycles. The lowest BCUT2D eigenvalue weighted by Crippen LogP contribution is -2.42. The van der Waals surface area contributed by atoms with Gasteiger partial charge in [-0.15, -0.1) is 0 Å². The number of hydrogen-bond acceptors (Lipinski definition) is 1. The van der Waals surface area contributed by atoms with Gasteiger partial charge in [-0.3, -0.25) is 0 Å². The van der Waals surface area contributed by atoms with Crippen LogP contribution in [0.2, 0.25) is 0 Å². The van der Waals surface area contributed by atoms with E-state index in [1.807, 2.05) is 25.1 Å². The minimum Gasteiger partial charge on any atom is -0.325 e. The van der Waals surface area contributed by atoms with Gasteiger partial charge in [-0.2, -0.15) is 0 Å². The maximum absolute atomic E-state index is 11.9. The van der Waals surface area contributed by atoms with Crippen LogP contribution in [0.3, 0.4) is 0 Å². The van der Waals surface area contributed by atoms with Crippen LogP contribution in [-0.2, 0) is 0 Å². The lowest BCUT2D eigenvalue weighted by Gasteiger charge is -2.30. The summed E-state index contributed by atoms with van der Waals surface area (Å²) in [5.74, 6) is 0.482. The first-order valence-corrected chi connectivity index (χ1v) is 6.72. The van der Waals surface area contributed by atoms with Crippen molar-refractivity contribution >= 4 is 6.03 Å². The molecule has 0 unspecified atom stereocenters. The smallest absolute Gasteiger partial charge is 0.321 e. The normalized spacial score (nSPS) is 18.3. The van der Waals surface area contributed by atoms with Crippen molar-refractivity contribution in [3.05, 3.63) is 11.8 Å². The Hall–Kier alpha value is -0.990. The van der Waals surface area contributed by atoms with Gasteiger partial charge in [0.2, 0.25) is 0 Å². The molecule has 3 nitrogen and oxygen atoms in total. The number of hydrogen-bond donors (Lipinski definition) is 1. The highest BCUT2D eigenvalue weighted by molar-refractivity contribution is 5.75. The fraction of sp³-hybridized carbons (Fsp3) is 0.786. The van der Waals surface area contributed by atoms with Crippen molar-refractivity contribution in [2.45, 2.75) is 58.9 Å². The fourth-order valence-corrected chi connectivity index (χ4v) is 2.08. The van der Waals surface area contributed by atoms with Crippen LogP contribution in [0.25, 0.3) is 0 Å². The van der Waals surface area contributed by atoms with E-state index in [0.29, 0.717) is 12.0 Å². The van der Waals surface area contributed by atoms with Crippen LogP contribution in [0.15, 0.2) is 11.8 Å². The van der Waals surface area contributed by atoms with Crippen molar-refractivity contribution in [3.63, 3.8) is 0 Å². The molecule has 1 fully saturated rings. The number of carbonyl (C=O) groups excluding carboxylic acids is 1. The second-order valence-electron chi connectivity index (χ2n) is 5.40. The van der Waals surface area contributed by atoms with Crippen molar-refractivity contribution in [2.75, 3.05) is 7.05 Å². The Labute approximate surface area is 105 Å². The SMILES string of the molecule is C/C(=C\NC(=O)N(C)C1CCCCC1)C(C)C. The number of nitrogens with zero attached hydrogens (tertiary/aromatic N) is 1. The monoisotopic (exact) mass is 238 g/mol. The van der Waals surface area contributed by atoms with E-state index in [4.69, 9.17) is 0 Å². The maximum Gasteiger partial charge on any atom is 0.321 e. The predicted molar refractivity (Wildman–Crippen MR) is 71.8 cm³/mol. The molecular weight excluding hydrogens is 212 g/mol. The quantitative estimate of drug-likeness (QED) is 0.801. The zero-order valence-corrected chi connectivity index (χ0v) is 11.6. The molecular formula is C14H26N2O. The van der Waals surface area contributed by atoms with Gasteiger partial charge in [0.05, 0.1) is 0 Å². The predicted octanol–water partition coefficient (Wildman–Crippen LogP) is 3.52. The lowest BCUT2D eigenvalue weighted by atomic mass is 9.95. The average molecular weight is 238 g/mol. The van der Waals surface area contributed by atoms with Crippen LogP contribution < -0.4 is 5.32 Å². The van der Waals surface area contributed by atoms with Gasteiger partial charge in [-0.05, 0) is 25.7 Å². The Kier molecular flexibility index (Phi) is 5.52. The first-order valence-electron chi connectivity index (χ1n) is 6.72. The van der Waals surface area contributed by atoms with Crippen molar-refractivity contribution in [1.29, 1.82) is 0 Å². The Morgan fingerprint density at radius 2 is 1.88 bits per heavy atom. The van der Waals surface area contributed by atoms with E-state index in [0.717, 1.165) is 12.8 Å². The summed E-state index contributed by atoms with van der Waals surface area (Å²) in [5, 5.41) is 2.89. The van der Waals surface area contributed by atoms with Gasteiger partial charge in [0.1, 0.15) is 0 Å².